The Morgan fingerprint density at radius 1 is 1.30 bits per heavy atom. The molecule has 0 spiro atoms. The molecule has 0 saturated heterocycles. The first kappa shape index (κ1) is 14.7. The number of thioether (sulfide) groups is 1. The van der Waals surface area contributed by atoms with E-state index in [9.17, 15) is 17.2 Å². The van der Waals surface area contributed by atoms with Crippen molar-refractivity contribution in [2.75, 3.05) is 11.0 Å². The maximum Gasteiger partial charge on any atom is 0.264 e. The van der Waals surface area contributed by atoms with Crippen LogP contribution >= 0.6 is 11.8 Å². The van der Waals surface area contributed by atoms with Gasteiger partial charge in [-0.25, -0.2) is 26.6 Å². The molecule has 2 rings (SSSR count). The van der Waals surface area contributed by atoms with Gasteiger partial charge in [-0.05, 0) is 24.5 Å². The van der Waals surface area contributed by atoms with E-state index in [1.165, 1.54) is 16.4 Å². The lowest BCUT2D eigenvalue weighted by molar-refractivity contribution is 0.504. The summed E-state index contributed by atoms with van der Waals surface area (Å²) in [6.07, 6.45) is 1.76. The molecule has 0 bridgehead atoms. The molecule has 0 aliphatic heterocycles. The van der Waals surface area contributed by atoms with Crippen molar-refractivity contribution in [3.8, 4) is 0 Å². The van der Waals surface area contributed by atoms with Crippen LogP contribution in [0.5, 0.6) is 0 Å². The van der Waals surface area contributed by atoms with Crippen LogP contribution in [0.3, 0.4) is 0 Å². The monoisotopic (exact) mass is 320 g/mol. The SMILES string of the molecule is CSc1nc(NS(=O)(=O)c2ccc(F)c(F)c2)nn1C. The highest BCUT2D eigenvalue weighted by Gasteiger charge is 2.19. The van der Waals surface area contributed by atoms with Crippen molar-refractivity contribution >= 4 is 27.7 Å². The lowest BCUT2D eigenvalue weighted by Gasteiger charge is -2.04. The predicted octanol–water partition coefficient (Wildman–Crippen LogP) is 1.62. The number of sulfonamides is 1. The smallest absolute Gasteiger partial charge is 0.246 e. The Hall–Kier alpha value is -1.68. The summed E-state index contributed by atoms with van der Waals surface area (Å²) in [7, 11) is -2.46. The van der Waals surface area contributed by atoms with Crippen LogP contribution in [-0.2, 0) is 17.1 Å². The summed E-state index contributed by atoms with van der Waals surface area (Å²) >= 11 is 1.29. The summed E-state index contributed by atoms with van der Waals surface area (Å²) in [5, 5.41) is 4.37. The topological polar surface area (TPSA) is 76.9 Å². The van der Waals surface area contributed by atoms with Gasteiger partial charge in [0, 0.05) is 7.05 Å². The number of rotatable bonds is 4. The first-order valence-corrected chi connectivity index (χ1v) is 7.97. The lowest BCUT2D eigenvalue weighted by Crippen LogP contribution is -2.14. The second-order valence-electron chi connectivity index (χ2n) is 3.73. The summed E-state index contributed by atoms with van der Waals surface area (Å²) < 4.78 is 53.3. The molecule has 20 heavy (non-hydrogen) atoms. The van der Waals surface area contributed by atoms with Crippen molar-refractivity contribution in [2.45, 2.75) is 10.1 Å². The molecule has 6 nitrogen and oxygen atoms in total. The Morgan fingerprint density at radius 2 is 2.00 bits per heavy atom. The van der Waals surface area contributed by atoms with E-state index < -0.39 is 26.6 Å². The number of hydrogen-bond donors (Lipinski definition) is 1. The molecule has 2 aromatic rings. The molecule has 0 unspecified atom stereocenters. The van der Waals surface area contributed by atoms with Crippen molar-refractivity contribution in [2.24, 2.45) is 7.05 Å². The second-order valence-corrected chi connectivity index (χ2v) is 6.18. The Balaban J connectivity index is 2.32. The van der Waals surface area contributed by atoms with Gasteiger partial charge in [-0.1, -0.05) is 11.8 Å². The van der Waals surface area contributed by atoms with Crippen LogP contribution in [0.2, 0.25) is 0 Å². The van der Waals surface area contributed by atoms with E-state index in [0.717, 1.165) is 12.1 Å². The zero-order valence-electron chi connectivity index (χ0n) is 10.5. The molecule has 10 heteroatoms. The molecular weight excluding hydrogens is 310 g/mol. The fraction of sp³-hybridized carbons (Fsp3) is 0.200. The zero-order chi connectivity index (χ0) is 14.9. The molecule has 0 fully saturated rings. The average molecular weight is 320 g/mol. The second kappa shape index (κ2) is 5.37. The highest BCUT2D eigenvalue weighted by Crippen LogP contribution is 2.18. The van der Waals surface area contributed by atoms with Crippen molar-refractivity contribution < 1.29 is 17.2 Å². The van der Waals surface area contributed by atoms with Gasteiger partial charge in [-0.2, -0.15) is 4.98 Å². The van der Waals surface area contributed by atoms with Crippen LogP contribution in [-0.4, -0.2) is 29.4 Å². The minimum absolute atomic E-state index is 0.137. The van der Waals surface area contributed by atoms with Gasteiger partial charge in [0.1, 0.15) is 0 Å². The standard InChI is InChI=1S/C10H10F2N4O2S2/c1-16-10(19-2)13-9(14-16)15-20(17,18)6-3-4-7(11)8(12)5-6/h3-5H,1-2H3,(H,14,15). The Bertz CT molecular complexity index is 746. The minimum Gasteiger partial charge on any atom is -0.246 e. The van der Waals surface area contributed by atoms with Crippen molar-refractivity contribution in [3.05, 3.63) is 29.8 Å². The highest BCUT2D eigenvalue weighted by atomic mass is 32.2. The number of nitrogens with zero attached hydrogens (tertiary/aromatic N) is 3. The van der Waals surface area contributed by atoms with Gasteiger partial charge < -0.3 is 0 Å². The van der Waals surface area contributed by atoms with E-state index in [4.69, 9.17) is 0 Å². The molecule has 0 radical (unpaired) electrons. The van der Waals surface area contributed by atoms with Gasteiger partial charge in [0.2, 0.25) is 0 Å². The van der Waals surface area contributed by atoms with Crippen molar-refractivity contribution in [1.29, 1.82) is 0 Å². The number of aryl methyl sites for hydroxylation is 1. The molecule has 1 N–H and O–H groups in total. The largest absolute Gasteiger partial charge is 0.264 e. The minimum atomic E-state index is -4.07. The number of halogens is 2. The summed E-state index contributed by atoms with van der Waals surface area (Å²) in [5.74, 6) is -2.50. The first-order valence-electron chi connectivity index (χ1n) is 5.26. The van der Waals surface area contributed by atoms with E-state index in [1.807, 2.05) is 0 Å². The van der Waals surface area contributed by atoms with E-state index >= 15 is 0 Å². The molecule has 0 amide bonds. The summed E-state index contributed by atoms with van der Waals surface area (Å²) in [6.45, 7) is 0. The van der Waals surface area contributed by atoms with E-state index in [1.54, 1.807) is 13.3 Å². The van der Waals surface area contributed by atoms with Gasteiger partial charge in [-0.15, -0.1) is 5.10 Å². The highest BCUT2D eigenvalue weighted by molar-refractivity contribution is 7.98. The molecule has 1 aromatic carbocycles. The van der Waals surface area contributed by atoms with E-state index in [2.05, 4.69) is 14.8 Å². The maximum absolute atomic E-state index is 13.1. The van der Waals surface area contributed by atoms with E-state index in [-0.39, 0.29) is 5.95 Å². The Morgan fingerprint density at radius 3 is 2.55 bits per heavy atom. The molecule has 0 aliphatic rings. The summed E-state index contributed by atoms with van der Waals surface area (Å²) in [4.78, 5) is 3.53. The van der Waals surface area contributed by atoms with Crippen molar-refractivity contribution in [1.82, 2.24) is 14.8 Å². The average Bonchev–Trinajstić information content (AvgIpc) is 2.71. The summed E-state index contributed by atoms with van der Waals surface area (Å²) in [6, 6.07) is 2.29. The maximum atomic E-state index is 13.1. The lowest BCUT2D eigenvalue weighted by atomic mass is 10.3. The van der Waals surface area contributed by atoms with Gasteiger partial charge in [0.05, 0.1) is 4.90 Å². The third-order valence-corrected chi connectivity index (χ3v) is 4.38. The zero-order valence-corrected chi connectivity index (χ0v) is 12.1. The fourth-order valence-electron chi connectivity index (χ4n) is 1.41. The van der Waals surface area contributed by atoms with E-state index in [0.29, 0.717) is 11.2 Å². The Kier molecular flexibility index (Phi) is 3.95. The summed E-state index contributed by atoms with van der Waals surface area (Å²) in [5.41, 5.74) is 0. The quantitative estimate of drug-likeness (QED) is 0.866. The molecule has 0 atom stereocenters. The normalized spacial score (nSPS) is 11.6. The molecule has 0 saturated carbocycles. The number of nitrogens with one attached hydrogen (secondary N) is 1. The molecule has 1 heterocycles. The van der Waals surface area contributed by atoms with Gasteiger partial charge in [0.25, 0.3) is 16.0 Å². The number of hydrogen-bond acceptors (Lipinski definition) is 5. The van der Waals surface area contributed by atoms with Crippen LogP contribution in [0.15, 0.2) is 28.3 Å². The van der Waals surface area contributed by atoms with Crippen LogP contribution in [0.1, 0.15) is 0 Å². The van der Waals surface area contributed by atoms with Gasteiger partial charge in [-0.3, -0.25) is 0 Å². The Labute approximate surface area is 118 Å². The molecule has 0 aliphatic carbocycles. The molecule has 108 valence electrons. The number of benzene rings is 1. The first-order chi connectivity index (χ1) is 9.33. The number of anilines is 1. The van der Waals surface area contributed by atoms with Crippen LogP contribution in [0.4, 0.5) is 14.7 Å². The molecular formula is C10H10F2N4O2S2. The van der Waals surface area contributed by atoms with Crippen LogP contribution in [0.25, 0.3) is 0 Å². The third-order valence-electron chi connectivity index (χ3n) is 2.33. The predicted molar refractivity (Wildman–Crippen MR) is 70.0 cm³/mol. The van der Waals surface area contributed by atoms with Crippen LogP contribution in [0, 0.1) is 11.6 Å². The number of aromatic nitrogens is 3. The van der Waals surface area contributed by atoms with Crippen LogP contribution < -0.4 is 4.72 Å². The van der Waals surface area contributed by atoms with Crippen molar-refractivity contribution in [3.63, 3.8) is 0 Å². The fourth-order valence-corrected chi connectivity index (χ4v) is 2.85. The molecule has 1 aromatic heterocycles. The van der Waals surface area contributed by atoms with Gasteiger partial charge in [0.15, 0.2) is 16.8 Å². The van der Waals surface area contributed by atoms with Gasteiger partial charge >= 0.3 is 0 Å². The third kappa shape index (κ3) is 2.90.